The fourth-order valence-electron chi connectivity index (χ4n) is 2.74. The number of pyridine rings is 1. The third-order valence-electron chi connectivity index (χ3n) is 3.97. The molecule has 0 radical (unpaired) electrons. The minimum Gasteiger partial charge on any atom is -0.497 e. The van der Waals surface area contributed by atoms with E-state index in [9.17, 15) is 4.79 Å². The maximum absolute atomic E-state index is 12.6. The van der Waals surface area contributed by atoms with Crippen LogP contribution in [0.1, 0.15) is 11.3 Å². The van der Waals surface area contributed by atoms with Crippen molar-refractivity contribution in [3.05, 3.63) is 88.7 Å². The Morgan fingerprint density at radius 2 is 2.00 bits per heavy atom. The molecule has 0 aliphatic heterocycles. The minimum absolute atomic E-state index is 0.159. The SMILES string of the molecule is COc1cccc(-n2ccc3nc(C=Cc4cccnc4)cc(=O)n32)c1. The zero-order chi connectivity index (χ0) is 17.9. The first-order valence-electron chi connectivity index (χ1n) is 8.08. The average Bonchev–Trinajstić information content (AvgIpc) is 3.12. The van der Waals surface area contributed by atoms with E-state index in [1.165, 1.54) is 10.6 Å². The van der Waals surface area contributed by atoms with E-state index < -0.39 is 0 Å². The molecule has 128 valence electrons. The van der Waals surface area contributed by atoms with E-state index in [0.717, 1.165) is 17.0 Å². The van der Waals surface area contributed by atoms with Crippen molar-refractivity contribution in [2.24, 2.45) is 0 Å². The summed E-state index contributed by atoms with van der Waals surface area (Å²) >= 11 is 0. The summed E-state index contributed by atoms with van der Waals surface area (Å²) in [6.45, 7) is 0. The molecule has 0 amide bonds. The Balaban J connectivity index is 1.76. The van der Waals surface area contributed by atoms with Gasteiger partial charge in [0.25, 0.3) is 5.56 Å². The van der Waals surface area contributed by atoms with Crippen molar-refractivity contribution in [1.29, 1.82) is 0 Å². The summed E-state index contributed by atoms with van der Waals surface area (Å²) in [5.41, 5.74) is 2.78. The lowest BCUT2D eigenvalue weighted by Crippen LogP contribution is -2.20. The number of benzene rings is 1. The fourth-order valence-corrected chi connectivity index (χ4v) is 2.74. The molecule has 3 aromatic heterocycles. The molecule has 0 aliphatic carbocycles. The van der Waals surface area contributed by atoms with Crippen LogP contribution in [0.2, 0.25) is 0 Å². The Hall–Kier alpha value is -3.67. The highest BCUT2D eigenvalue weighted by molar-refractivity contribution is 5.68. The van der Waals surface area contributed by atoms with Gasteiger partial charge >= 0.3 is 0 Å². The van der Waals surface area contributed by atoms with E-state index in [4.69, 9.17) is 4.74 Å². The van der Waals surface area contributed by atoms with Gasteiger partial charge in [0.15, 0.2) is 5.65 Å². The van der Waals surface area contributed by atoms with Crippen molar-refractivity contribution in [3.63, 3.8) is 0 Å². The second kappa shape index (κ2) is 6.68. The summed E-state index contributed by atoms with van der Waals surface area (Å²) in [7, 11) is 1.61. The van der Waals surface area contributed by atoms with Crippen LogP contribution in [-0.4, -0.2) is 26.3 Å². The van der Waals surface area contributed by atoms with Crippen LogP contribution < -0.4 is 10.3 Å². The van der Waals surface area contributed by atoms with Crippen molar-refractivity contribution in [2.45, 2.75) is 0 Å². The molecule has 3 heterocycles. The molecule has 1 aromatic carbocycles. The summed E-state index contributed by atoms with van der Waals surface area (Å²) in [6.07, 6.45) is 8.97. The van der Waals surface area contributed by atoms with Crippen LogP contribution in [0.15, 0.2) is 71.9 Å². The molecular weight excluding hydrogens is 328 g/mol. The smallest absolute Gasteiger partial charge is 0.273 e. The van der Waals surface area contributed by atoms with Gasteiger partial charge in [-0.1, -0.05) is 18.2 Å². The molecule has 0 saturated carbocycles. The zero-order valence-corrected chi connectivity index (χ0v) is 14.1. The first-order chi connectivity index (χ1) is 12.7. The second-order valence-electron chi connectivity index (χ2n) is 5.67. The van der Waals surface area contributed by atoms with Crippen LogP contribution in [0.25, 0.3) is 23.5 Å². The van der Waals surface area contributed by atoms with Gasteiger partial charge in [-0.2, -0.15) is 4.52 Å². The van der Waals surface area contributed by atoms with E-state index in [-0.39, 0.29) is 5.56 Å². The third kappa shape index (κ3) is 3.00. The molecule has 0 unspecified atom stereocenters. The van der Waals surface area contributed by atoms with Crippen molar-refractivity contribution in [3.8, 4) is 11.4 Å². The summed E-state index contributed by atoms with van der Waals surface area (Å²) in [6, 6.07) is 14.6. The molecule has 0 N–H and O–H groups in total. The standard InChI is InChI=1S/C20H16N4O2/c1-26-18-6-2-5-17(13-18)23-11-9-19-22-16(12-20(25)24(19)23)8-7-15-4-3-10-21-14-15/h2-14H,1H3. The number of ether oxygens (including phenoxy) is 1. The normalized spacial score (nSPS) is 11.3. The molecular formula is C20H16N4O2. The van der Waals surface area contributed by atoms with E-state index in [0.29, 0.717) is 11.3 Å². The Kier molecular flexibility index (Phi) is 4.07. The number of hydrogen-bond acceptors (Lipinski definition) is 4. The van der Waals surface area contributed by atoms with Gasteiger partial charge in [-0.05, 0) is 29.8 Å². The topological polar surface area (TPSA) is 61.4 Å². The Labute approximate surface area is 149 Å². The van der Waals surface area contributed by atoms with Crippen molar-refractivity contribution >= 4 is 17.8 Å². The van der Waals surface area contributed by atoms with Gasteiger partial charge in [-0.15, -0.1) is 0 Å². The predicted molar refractivity (Wildman–Crippen MR) is 101 cm³/mol. The highest BCUT2D eigenvalue weighted by atomic mass is 16.5. The molecule has 6 nitrogen and oxygen atoms in total. The first-order valence-corrected chi connectivity index (χ1v) is 8.08. The first kappa shape index (κ1) is 15.8. The van der Waals surface area contributed by atoms with Gasteiger partial charge in [0.05, 0.1) is 18.5 Å². The second-order valence-corrected chi connectivity index (χ2v) is 5.67. The summed E-state index contributed by atoms with van der Waals surface area (Å²) in [5.74, 6) is 0.724. The van der Waals surface area contributed by atoms with E-state index in [1.54, 1.807) is 30.3 Å². The van der Waals surface area contributed by atoms with E-state index in [1.807, 2.05) is 54.7 Å². The van der Waals surface area contributed by atoms with E-state index >= 15 is 0 Å². The average molecular weight is 344 g/mol. The van der Waals surface area contributed by atoms with E-state index in [2.05, 4.69) is 9.97 Å². The summed E-state index contributed by atoms with van der Waals surface area (Å²) in [5, 5.41) is 0. The van der Waals surface area contributed by atoms with Crippen LogP contribution in [0.4, 0.5) is 0 Å². The van der Waals surface area contributed by atoms with Gasteiger partial charge < -0.3 is 4.74 Å². The van der Waals surface area contributed by atoms with Crippen LogP contribution in [0.5, 0.6) is 5.75 Å². The quantitative estimate of drug-likeness (QED) is 0.571. The lowest BCUT2D eigenvalue weighted by molar-refractivity contribution is 0.414. The molecule has 6 heteroatoms. The predicted octanol–water partition coefficient (Wildman–Crippen LogP) is 3.06. The molecule has 0 aliphatic rings. The van der Waals surface area contributed by atoms with Gasteiger partial charge in [-0.3, -0.25) is 14.5 Å². The van der Waals surface area contributed by atoms with Crippen molar-refractivity contribution in [1.82, 2.24) is 19.2 Å². The van der Waals surface area contributed by atoms with Crippen LogP contribution >= 0.6 is 0 Å². The molecule has 0 bridgehead atoms. The highest BCUT2D eigenvalue weighted by Crippen LogP contribution is 2.17. The maximum atomic E-state index is 12.6. The lowest BCUT2D eigenvalue weighted by Gasteiger charge is -2.08. The number of hydrogen-bond donors (Lipinski definition) is 0. The molecule has 0 saturated heterocycles. The molecule has 26 heavy (non-hydrogen) atoms. The number of nitrogens with zero attached hydrogens (tertiary/aromatic N) is 4. The monoisotopic (exact) mass is 344 g/mol. The molecule has 0 spiro atoms. The minimum atomic E-state index is -0.159. The zero-order valence-electron chi connectivity index (χ0n) is 14.1. The maximum Gasteiger partial charge on any atom is 0.273 e. The summed E-state index contributed by atoms with van der Waals surface area (Å²) < 4.78 is 8.53. The third-order valence-corrected chi connectivity index (χ3v) is 3.97. The van der Waals surface area contributed by atoms with Gasteiger partial charge in [0, 0.05) is 36.8 Å². The Morgan fingerprint density at radius 1 is 1.08 bits per heavy atom. The lowest BCUT2D eigenvalue weighted by atomic mass is 10.2. The fraction of sp³-hybridized carbons (Fsp3) is 0.0500. The van der Waals surface area contributed by atoms with Gasteiger partial charge in [-0.25, -0.2) is 4.98 Å². The van der Waals surface area contributed by atoms with Crippen molar-refractivity contribution in [2.75, 3.05) is 7.11 Å². The van der Waals surface area contributed by atoms with Crippen LogP contribution in [-0.2, 0) is 0 Å². The number of aromatic nitrogens is 4. The number of methoxy groups -OCH3 is 1. The Morgan fingerprint density at radius 3 is 2.81 bits per heavy atom. The van der Waals surface area contributed by atoms with Crippen molar-refractivity contribution < 1.29 is 4.74 Å². The van der Waals surface area contributed by atoms with Gasteiger partial charge in [0.1, 0.15) is 5.75 Å². The largest absolute Gasteiger partial charge is 0.497 e. The van der Waals surface area contributed by atoms with Crippen LogP contribution in [0.3, 0.4) is 0 Å². The molecule has 4 aromatic rings. The highest BCUT2D eigenvalue weighted by Gasteiger charge is 2.08. The molecule has 0 fully saturated rings. The Bertz CT molecular complexity index is 1140. The number of fused-ring (bicyclic) bond motifs is 1. The van der Waals surface area contributed by atoms with Crippen LogP contribution in [0, 0.1) is 0 Å². The number of rotatable bonds is 4. The molecule has 4 rings (SSSR count). The van der Waals surface area contributed by atoms with Gasteiger partial charge in [0.2, 0.25) is 0 Å². The summed E-state index contributed by atoms with van der Waals surface area (Å²) in [4.78, 5) is 21.3. The molecule has 0 atom stereocenters.